The maximum absolute atomic E-state index is 5.89. The lowest BCUT2D eigenvalue weighted by Gasteiger charge is -2.08. The summed E-state index contributed by atoms with van der Waals surface area (Å²) in [5.41, 5.74) is 0.744. The van der Waals surface area contributed by atoms with Gasteiger partial charge in [-0.3, -0.25) is 0 Å². The van der Waals surface area contributed by atoms with Crippen molar-refractivity contribution in [2.45, 2.75) is 13.0 Å². The van der Waals surface area contributed by atoms with Gasteiger partial charge in [-0.1, -0.05) is 11.6 Å². The molecule has 0 aliphatic heterocycles. The van der Waals surface area contributed by atoms with Crippen molar-refractivity contribution in [3.63, 3.8) is 0 Å². The highest BCUT2D eigenvalue weighted by atomic mass is 35.5. The number of anilines is 1. The van der Waals surface area contributed by atoms with Gasteiger partial charge in [0, 0.05) is 18.6 Å². The molecule has 6 nitrogen and oxygen atoms in total. The molecule has 7 heteroatoms. The zero-order valence-corrected chi connectivity index (χ0v) is 10.4. The summed E-state index contributed by atoms with van der Waals surface area (Å²) in [6, 6.07) is 3.61. The molecule has 18 heavy (non-hydrogen) atoms. The van der Waals surface area contributed by atoms with Crippen LogP contribution in [0.25, 0.3) is 5.65 Å². The second kappa shape index (κ2) is 4.30. The number of H-pyrrole nitrogens is 1. The van der Waals surface area contributed by atoms with Crippen LogP contribution in [-0.2, 0) is 0 Å². The van der Waals surface area contributed by atoms with Crippen molar-refractivity contribution in [3.8, 4) is 0 Å². The number of hydrogen-bond acceptors (Lipinski definition) is 4. The van der Waals surface area contributed by atoms with Gasteiger partial charge >= 0.3 is 0 Å². The molecule has 0 amide bonds. The molecule has 92 valence electrons. The zero-order valence-electron chi connectivity index (χ0n) is 9.63. The van der Waals surface area contributed by atoms with Gasteiger partial charge in [-0.2, -0.15) is 4.98 Å². The molecule has 3 heterocycles. The van der Waals surface area contributed by atoms with Crippen molar-refractivity contribution >= 4 is 23.2 Å². The number of nitrogens with one attached hydrogen (secondary N) is 2. The van der Waals surface area contributed by atoms with Gasteiger partial charge in [0.15, 0.2) is 5.65 Å². The molecule has 0 saturated heterocycles. The molecule has 1 unspecified atom stereocenters. The van der Waals surface area contributed by atoms with E-state index in [-0.39, 0.29) is 6.04 Å². The minimum absolute atomic E-state index is 0.00730. The van der Waals surface area contributed by atoms with Gasteiger partial charge in [-0.05, 0) is 19.1 Å². The highest BCUT2D eigenvalue weighted by Gasteiger charge is 2.10. The van der Waals surface area contributed by atoms with E-state index >= 15 is 0 Å². The number of nitrogens with zero attached hydrogens (tertiary/aromatic N) is 4. The van der Waals surface area contributed by atoms with Crippen molar-refractivity contribution in [1.82, 2.24) is 24.6 Å². The monoisotopic (exact) mass is 262 g/mol. The number of imidazole rings is 1. The van der Waals surface area contributed by atoms with Crippen LogP contribution in [0.2, 0.25) is 5.02 Å². The highest BCUT2D eigenvalue weighted by molar-refractivity contribution is 6.30. The molecule has 0 saturated carbocycles. The summed E-state index contributed by atoms with van der Waals surface area (Å²) in [5.74, 6) is 1.38. The maximum Gasteiger partial charge on any atom is 0.243 e. The minimum Gasteiger partial charge on any atom is -0.347 e. The van der Waals surface area contributed by atoms with Crippen LogP contribution in [0.5, 0.6) is 0 Å². The Bertz CT molecular complexity index is 659. The molecule has 0 aliphatic rings. The predicted octanol–water partition coefficient (Wildman–Crippen LogP) is 2.28. The fourth-order valence-corrected chi connectivity index (χ4v) is 1.85. The molecule has 1 atom stereocenters. The summed E-state index contributed by atoms with van der Waals surface area (Å²) in [6.45, 7) is 1.98. The van der Waals surface area contributed by atoms with Gasteiger partial charge in [0.25, 0.3) is 0 Å². The van der Waals surface area contributed by atoms with Crippen LogP contribution in [0.1, 0.15) is 18.8 Å². The Kier molecular flexibility index (Phi) is 2.64. The van der Waals surface area contributed by atoms with E-state index in [0.29, 0.717) is 11.0 Å². The van der Waals surface area contributed by atoms with Gasteiger partial charge in [0.1, 0.15) is 5.82 Å². The fourth-order valence-electron chi connectivity index (χ4n) is 1.70. The first kappa shape index (κ1) is 11.0. The number of fused-ring (bicyclic) bond motifs is 1. The lowest BCUT2D eigenvalue weighted by atomic mass is 10.3. The molecule has 0 radical (unpaired) electrons. The summed E-state index contributed by atoms with van der Waals surface area (Å²) in [6.07, 6.45) is 5.21. The van der Waals surface area contributed by atoms with Crippen molar-refractivity contribution in [2.75, 3.05) is 5.32 Å². The minimum atomic E-state index is 0.00730. The SMILES string of the molecule is CC(Nc1nc2ccc(Cl)cn2n1)c1ncc[nH]1. The van der Waals surface area contributed by atoms with Gasteiger partial charge < -0.3 is 10.3 Å². The summed E-state index contributed by atoms with van der Waals surface area (Å²) in [7, 11) is 0. The van der Waals surface area contributed by atoms with Crippen LogP contribution >= 0.6 is 11.6 Å². The standard InChI is InChI=1S/C11H11ClN6/c1-7(10-13-4-5-14-10)15-11-16-9-3-2-8(12)6-18(9)17-11/h2-7H,1H3,(H,13,14)(H,15,17). The van der Waals surface area contributed by atoms with Crippen molar-refractivity contribution in [2.24, 2.45) is 0 Å². The third-order valence-electron chi connectivity index (χ3n) is 2.57. The van der Waals surface area contributed by atoms with Crippen LogP contribution in [0.4, 0.5) is 5.95 Å². The predicted molar refractivity (Wildman–Crippen MR) is 68.6 cm³/mol. The lowest BCUT2D eigenvalue weighted by molar-refractivity contribution is 0.793. The number of aromatic amines is 1. The first-order valence-corrected chi connectivity index (χ1v) is 5.88. The molecule has 0 bridgehead atoms. The summed E-state index contributed by atoms with van der Waals surface area (Å²) < 4.78 is 1.64. The van der Waals surface area contributed by atoms with E-state index in [1.807, 2.05) is 13.0 Å². The van der Waals surface area contributed by atoms with Crippen molar-refractivity contribution in [1.29, 1.82) is 0 Å². The van der Waals surface area contributed by atoms with E-state index in [4.69, 9.17) is 11.6 Å². The Morgan fingerprint density at radius 1 is 1.44 bits per heavy atom. The third kappa shape index (κ3) is 2.02. The van der Waals surface area contributed by atoms with E-state index in [1.54, 1.807) is 29.2 Å². The molecule has 0 aliphatic carbocycles. The van der Waals surface area contributed by atoms with Crippen molar-refractivity contribution in [3.05, 3.63) is 41.6 Å². The summed E-state index contributed by atoms with van der Waals surface area (Å²) in [5, 5.41) is 8.09. The lowest BCUT2D eigenvalue weighted by Crippen LogP contribution is -2.09. The largest absolute Gasteiger partial charge is 0.347 e. The van der Waals surface area contributed by atoms with Crippen LogP contribution in [-0.4, -0.2) is 24.6 Å². The topological polar surface area (TPSA) is 70.9 Å². The average molecular weight is 263 g/mol. The number of halogens is 1. The molecule has 0 aromatic carbocycles. The van der Waals surface area contributed by atoms with Crippen LogP contribution in [0, 0.1) is 0 Å². The van der Waals surface area contributed by atoms with Gasteiger partial charge in [0.2, 0.25) is 5.95 Å². The molecule has 3 aromatic rings. The Labute approximate surface area is 108 Å². The molecular weight excluding hydrogens is 252 g/mol. The van der Waals surface area contributed by atoms with Gasteiger partial charge in [-0.15, -0.1) is 5.10 Å². The van der Waals surface area contributed by atoms with Gasteiger partial charge in [-0.25, -0.2) is 9.50 Å². The molecule has 3 rings (SSSR count). The average Bonchev–Trinajstić information content (AvgIpc) is 2.95. The van der Waals surface area contributed by atoms with E-state index in [1.165, 1.54) is 0 Å². The van der Waals surface area contributed by atoms with Crippen LogP contribution in [0.15, 0.2) is 30.7 Å². The second-order valence-corrected chi connectivity index (χ2v) is 4.36. The number of pyridine rings is 1. The molecule has 0 spiro atoms. The smallest absolute Gasteiger partial charge is 0.243 e. The van der Waals surface area contributed by atoms with Crippen molar-refractivity contribution < 1.29 is 0 Å². The van der Waals surface area contributed by atoms with Crippen LogP contribution < -0.4 is 5.32 Å². The van der Waals surface area contributed by atoms with E-state index in [0.717, 1.165) is 11.5 Å². The van der Waals surface area contributed by atoms with Gasteiger partial charge in [0.05, 0.1) is 11.1 Å². The molecule has 3 aromatic heterocycles. The Hall–Kier alpha value is -2.08. The van der Waals surface area contributed by atoms with E-state index in [9.17, 15) is 0 Å². The number of hydrogen-bond donors (Lipinski definition) is 2. The number of aromatic nitrogens is 5. The molecule has 0 fully saturated rings. The Balaban J connectivity index is 1.86. The summed E-state index contributed by atoms with van der Waals surface area (Å²) in [4.78, 5) is 11.6. The van der Waals surface area contributed by atoms with E-state index < -0.39 is 0 Å². The van der Waals surface area contributed by atoms with E-state index in [2.05, 4.69) is 25.4 Å². The normalized spacial score (nSPS) is 12.8. The Morgan fingerprint density at radius 2 is 2.33 bits per heavy atom. The summed E-state index contributed by atoms with van der Waals surface area (Å²) >= 11 is 5.89. The first-order valence-electron chi connectivity index (χ1n) is 5.50. The third-order valence-corrected chi connectivity index (χ3v) is 2.79. The number of rotatable bonds is 3. The quantitative estimate of drug-likeness (QED) is 0.760. The zero-order chi connectivity index (χ0) is 12.5. The first-order chi connectivity index (χ1) is 8.72. The fraction of sp³-hybridized carbons (Fsp3) is 0.182. The van der Waals surface area contributed by atoms with Crippen LogP contribution in [0.3, 0.4) is 0 Å². The molecule has 2 N–H and O–H groups in total. The second-order valence-electron chi connectivity index (χ2n) is 3.93. The maximum atomic E-state index is 5.89. The highest BCUT2D eigenvalue weighted by Crippen LogP contribution is 2.15. The Morgan fingerprint density at radius 3 is 3.11 bits per heavy atom. The molecular formula is C11H11ClN6.